The third kappa shape index (κ3) is 21.4. The van der Waals surface area contributed by atoms with Gasteiger partial charge in [0, 0.05) is 64.5 Å². The minimum absolute atomic E-state index is 0.0133. The van der Waals surface area contributed by atoms with Crippen LogP contribution in [0.25, 0.3) is 4.85 Å². The number of halogens is 5. The quantitative estimate of drug-likeness (QED) is 0.130. The van der Waals surface area contributed by atoms with Crippen LogP contribution in [0, 0.1) is 105 Å². The van der Waals surface area contributed by atoms with E-state index < -0.39 is 23.3 Å². The van der Waals surface area contributed by atoms with Crippen molar-refractivity contribution in [2.24, 2.45) is 35.5 Å². The van der Waals surface area contributed by atoms with Gasteiger partial charge >= 0.3 is 0 Å². The van der Waals surface area contributed by atoms with Crippen molar-refractivity contribution in [2.45, 2.75) is 248 Å². The number of piperidine rings is 1. The highest BCUT2D eigenvalue weighted by atomic mass is 19.1. The SMILES string of the molecule is CC(C)C1CCCCCC1C#N.CC(C)N1CCCCCC1(C)C.CC(C)N1CC[C@H]2C[C@]21CO.CC(C)c1c(F)cc(C#N)cc1F.CC(C)c1c(F)cccc1C#N.CC(C)c1c(F)cccc1F.[C-]#[N+][C@](C)(C(C)C)C1CC1. The first-order valence-electron chi connectivity index (χ1n) is 30.4. The number of benzene rings is 3. The molecule has 450 valence electrons. The number of aliphatic hydroxyl groups is 1. The summed E-state index contributed by atoms with van der Waals surface area (Å²) >= 11 is 0. The second-order valence-corrected chi connectivity index (χ2v) is 26.1. The molecule has 8 rings (SSSR count). The first-order chi connectivity index (χ1) is 38.0. The highest BCUT2D eigenvalue weighted by Gasteiger charge is 2.61. The van der Waals surface area contributed by atoms with Crippen molar-refractivity contribution in [3.63, 3.8) is 0 Å². The van der Waals surface area contributed by atoms with E-state index in [0.29, 0.717) is 64.9 Å². The topological polar surface area (TPSA) is 102 Å². The van der Waals surface area contributed by atoms with Gasteiger partial charge in [0.1, 0.15) is 29.1 Å². The van der Waals surface area contributed by atoms with Crippen molar-refractivity contribution in [3.05, 3.63) is 117 Å². The molecular weight excluding hydrogens is 1020 g/mol. The minimum atomic E-state index is -0.647. The van der Waals surface area contributed by atoms with Gasteiger partial charge < -0.3 is 9.95 Å². The molecule has 7 nitrogen and oxygen atoms in total. The Bertz CT molecular complexity index is 2490. The van der Waals surface area contributed by atoms with E-state index in [9.17, 15) is 27.1 Å². The maximum absolute atomic E-state index is 13.2. The number of hydrogen-bond acceptors (Lipinski definition) is 6. The van der Waals surface area contributed by atoms with Crippen LogP contribution in [-0.2, 0) is 0 Å². The summed E-state index contributed by atoms with van der Waals surface area (Å²) in [5.74, 6) is 0.960. The Labute approximate surface area is 488 Å². The lowest BCUT2D eigenvalue weighted by molar-refractivity contribution is 0.0874. The van der Waals surface area contributed by atoms with E-state index in [-0.39, 0.29) is 51.3 Å². The number of likely N-dealkylation sites (tertiary alicyclic amines) is 2. The number of nitriles is 3. The largest absolute Gasteiger partial charge is 0.394 e. The zero-order chi connectivity index (χ0) is 61.6. The summed E-state index contributed by atoms with van der Waals surface area (Å²) in [5.41, 5.74) is 1.79. The fourth-order valence-corrected chi connectivity index (χ4v) is 12.2. The van der Waals surface area contributed by atoms with E-state index in [1.165, 1.54) is 114 Å². The molecule has 2 unspecified atom stereocenters. The molecule has 0 spiro atoms. The molecule has 5 aliphatic rings. The molecule has 0 amide bonds. The molecule has 5 fully saturated rings. The van der Waals surface area contributed by atoms with E-state index in [1.807, 2.05) is 19.9 Å². The van der Waals surface area contributed by atoms with Crippen molar-refractivity contribution in [3.8, 4) is 18.2 Å². The molecule has 12 heteroatoms. The monoisotopic (exact) mass is 1130 g/mol. The highest BCUT2D eigenvalue weighted by molar-refractivity contribution is 5.40. The fraction of sp³-hybridized carbons (Fsp3) is 0.681. The second-order valence-electron chi connectivity index (χ2n) is 26.1. The summed E-state index contributed by atoms with van der Waals surface area (Å²) in [6, 6.07) is 18.1. The predicted octanol–water partition coefficient (Wildman–Crippen LogP) is 18.9. The number of hydrogen-bond donors (Lipinski definition) is 1. The molecule has 5 atom stereocenters. The molecule has 2 heterocycles. The molecule has 0 radical (unpaired) electrons. The first-order valence-corrected chi connectivity index (χ1v) is 30.4. The summed E-state index contributed by atoms with van der Waals surface area (Å²) < 4.78 is 65.2. The predicted molar refractivity (Wildman–Crippen MR) is 323 cm³/mol. The maximum atomic E-state index is 13.2. The number of aliphatic hydroxyl groups excluding tert-OH is 1. The zero-order valence-corrected chi connectivity index (χ0v) is 52.8. The van der Waals surface area contributed by atoms with Gasteiger partial charge in [-0.3, -0.25) is 9.80 Å². The van der Waals surface area contributed by atoms with E-state index in [4.69, 9.17) is 22.4 Å². The lowest BCUT2D eigenvalue weighted by Gasteiger charge is -2.40. The maximum Gasteiger partial charge on any atom is 0.234 e. The van der Waals surface area contributed by atoms with Crippen molar-refractivity contribution in [1.82, 2.24) is 9.80 Å². The van der Waals surface area contributed by atoms with Gasteiger partial charge in [0.2, 0.25) is 5.54 Å². The Hall–Kier alpha value is -4.85. The molecule has 3 aromatic rings. The average Bonchev–Trinajstić information content (AvgIpc) is 4.44. The van der Waals surface area contributed by atoms with Crippen LogP contribution in [0.3, 0.4) is 0 Å². The van der Waals surface area contributed by atoms with Crippen molar-refractivity contribution in [2.75, 3.05) is 19.7 Å². The Morgan fingerprint density at radius 3 is 1.49 bits per heavy atom. The Morgan fingerprint density at radius 2 is 1.12 bits per heavy atom. The van der Waals surface area contributed by atoms with Crippen LogP contribution >= 0.6 is 0 Å². The highest BCUT2D eigenvalue weighted by Crippen LogP contribution is 2.56. The molecule has 3 aromatic carbocycles. The molecule has 2 saturated heterocycles. The normalized spacial score (nSPS) is 21.8. The lowest BCUT2D eigenvalue weighted by Crippen LogP contribution is -2.47. The summed E-state index contributed by atoms with van der Waals surface area (Å²) in [6.07, 6.45) is 17.0. The molecule has 1 N–H and O–H groups in total. The van der Waals surface area contributed by atoms with Crippen LogP contribution < -0.4 is 0 Å². The van der Waals surface area contributed by atoms with Gasteiger partial charge in [-0.1, -0.05) is 113 Å². The third-order valence-electron chi connectivity index (χ3n) is 17.5. The zero-order valence-electron chi connectivity index (χ0n) is 52.8. The summed E-state index contributed by atoms with van der Waals surface area (Å²) in [6.45, 7) is 45.4. The molecular formula is C69H103F5N6O. The smallest absolute Gasteiger partial charge is 0.234 e. The van der Waals surface area contributed by atoms with Crippen LogP contribution in [0.2, 0.25) is 0 Å². The van der Waals surface area contributed by atoms with Crippen molar-refractivity contribution < 1.29 is 27.1 Å². The van der Waals surface area contributed by atoms with Gasteiger partial charge in [0.15, 0.2) is 0 Å². The lowest BCUT2D eigenvalue weighted by atomic mass is 9.81. The first kappa shape index (κ1) is 72.3. The number of rotatable bonds is 9. The molecule has 0 bridgehead atoms. The van der Waals surface area contributed by atoms with Crippen LogP contribution in [0.5, 0.6) is 0 Å². The van der Waals surface area contributed by atoms with Crippen LogP contribution in [-0.4, -0.2) is 63.3 Å². The summed E-state index contributed by atoms with van der Waals surface area (Å²) in [5, 5.41) is 35.3. The molecule has 0 aromatic heterocycles. The van der Waals surface area contributed by atoms with E-state index in [1.54, 1.807) is 45.9 Å². The van der Waals surface area contributed by atoms with Crippen LogP contribution in [0.4, 0.5) is 22.0 Å². The number of fused-ring (bicyclic) bond motifs is 1. The van der Waals surface area contributed by atoms with Gasteiger partial charge in [-0.2, -0.15) is 15.8 Å². The molecule has 2 aliphatic heterocycles. The van der Waals surface area contributed by atoms with Crippen LogP contribution in [0.15, 0.2) is 48.5 Å². The van der Waals surface area contributed by atoms with Crippen LogP contribution in [0.1, 0.15) is 247 Å². The third-order valence-corrected chi connectivity index (χ3v) is 17.5. The Kier molecular flexibility index (Phi) is 30.4. The van der Waals surface area contributed by atoms with Gasteiger partial charge in [-0.15, -0.1) is 0 Å². The van der Waals surface area contributed by atoms with Gasteiger partial charge in [-0.25, -0.2) is 28.5 Å². The Balaban J connectivity index is 0.000000323. The summed E-state index contributed by atoms with van der Waals surface area (Å²) in [4.78, 5) is 8.85. The van der Waals surface area contributed by atoms with E-state index >= 15 is 0 Å². The fourth-order valence-electron chi connectivity index (χ4n) is 12.2. The Morgan fingerprint density at radius 1 is 0.630 bits per heavy atom. The van der Waals surface area contributed by atoms with Gasteiger partial charge in [-0.05, 0) is 178 Å². The van der Waals surface area contributed by atoms with E-state index in [0.717, 1.165) is 24.5 Å². The molecule has 3 saturated carbocycles. The molecule has 81 heavy (non-hydrogen) atoms. The van der Waals surface area contributed by atoms with E-state index in [2.05, 4.69) is 96.9 Å². The summed E-state index contributed by atoms with van der Waals surface area (Å²) in [7, 11) is 0. The second kappa shape index (κ2) is 34.1. The van der Waals surface area contributed by atoms with Gasteiger partial charge in [0.05, 0.1) is 35.9 Å². The van der Waals surface area contributed by atoms with Gasteiger partial charge in [0.25, 0.3) is 0 Å². The van der Waals surface area contributed by atoms with Crippen molar-refractivity contribution in [1.29, 1.82) is 15.8 Å². The average molecular weight is 1130 g/mol. The van der Waals surface area contributed by atoms with Crippen molar-refractivity contribution >= 4 is 0 Å². The standard InChI is InChI=1S/C11H23N.C11H19N.C10H9F2N.C10H10FN.C9H10F2.C9H17NO.C9H15N/c1-10(2)12-9-7-5-6-8-11(12,3)4;1-9(2)11-7-5-3-4-6-10(11)8-12;1-6(2)10-8(11)3-7(5-13)4-9(10)12;1-7(2)10-8(6-12)4-3-5-9(10)11;1-6(2)9-7(10)4-3-5-8(9)11;1-7(2)10-4-3-8-5-9(8,10)6-11;1-7(2)9(3,10-4)8-5-6-8/h10H,5-9H2,1-4H3;9-11H,3-7H2,1-2H3;3-4,6H,1-2H3;3-5,7H,1-2H3;3-6H,1-2H3;7-8,11H,3-6H2,1-2H3;7-8H,5-6H2,1-3H3/t;;;;;8-,9-;9-/m.....01/s1. The molecule has 3 aliphatic carbocycles. The number of nitrogens with zero attached hydrogens (tertiary/aromatic N) is 6. The minimum Gasteiger partial charge on any atom is -0.394 e.